The van der Waals surface area contributed by atoms with E-state index in [1.54, 1.807) is 0 Å². The Kier molecular flexibility index (Phi) is 9.47. The third-order valence-electron chi connectivity index (χ3n) is 6.83. The third kappa shape index (κ3) is 6.88. The van der Waals surface area contributed by atoms with Gasteiger partial charge in [-0.2, -0.15) is 0 Å². The van der Waals surface area contributed by atoms with Crippen LogP contribution in [0.15, 0.2) is 24.3 Å². The average Bonchev–Trinajstić information content (AvgIpc) is 2.83. The molecule has 0 bridgehead atoms. The monoisotopic (exact) mass is 455 g/mol. The second-order valence-electron chi connectivity index (χ2n) is 9.40. The molecule has 0 radical (unpaired) electrons. The van der Waals surface area contributed by atoms with E-state index in [9.17, 15) is 9.90 Å². The lowest BCUT2D eigenvalue weighted by Crippen LogP contribution is -2.46. The predicted molar refractivity (Wildman–Crippen MR) is 136 cm³/mol. The molecule has 1 aliphatic carbocycles. The molecule has 2 aromatic rings. The molecular formula is C26H41N5O2. The fraction of sp³-hybridized carbons (Fsp3) is 0.615. The molecule has 3 atom stereocenters. The number of nitrogens with zero attached hydrogens (tertiary/aromatic N) is 1. The lowest BCUT2D eigenvalue weighted by atomic mass is 9.91. The first-order valence-electron chi connectivity index (χ1n) is 12.5. The van der Waals surface area contributed by atoms with E-state index >= 15 is 0 Å². The van der Waals surface area contributed by atoms with Crippen molar-refractivity contribution in [3.05, 3.63) is 35.4 Å². The van der Waals surface area contributed by atoms with Crippen molar-refractivity contribution in [1.82, 2.24) is 20.9 Å². The van der Waals surface area contributed by atoms with Gasteiger partial charge in [0.05, 0.1) is 17.2 Å². The number of carbonyl (C=O) groups is 1. The van der Waals surface area contributed by atoms with Crippen molar-refractivity contribution >= 4 is 22.6 Å². The van der Waals surface area contributed by atoms with Crippen LogP contribution in [-0.4, -0.2) is 54.4 Å². The standard InChI is InChI=1S/C26H41N5O2/c1-5-23(30-21-9-7-6-8-10-21)20(16-32)15-28-25-22(26(33)29-18(3)27-4)14-19-13-17(2)11-12-24(19)31-25/h11-14,18,20-21,23,27,30,32H,5-10,15-16H2,1-4H3,(H,28,31)(H,29,33). The molecule has 1 saturated carbocycles. The number of carbonyl (C=O) groups excluding carboxylic acids is 1. The summed E-state index contributed by atoms with van der Waals surface area (Å²) < 4.78 is 0. The number of pyridine rings is 1. The minimum atomic E-state index is -0.178. The zero-order valence-corrected chi connectivity index (χ0v) is 20.6. The molecule has 0 saturated heterocycles. The van der Waals surface area contributed by atoms with Gasteiger partial charge in [-0.1, -0.05) is 37.8 Å². The molecule has 1 fully saturated rings. The van der Waals surface area contributed by atoms with Crippen molar-refractivity contribution in [2.24, 2.45) is 5.92 Å². The van der Waals surface area contributed by atoms with Crippen LogP contribution in [0.2, 0.25) is 0 Å². The smallest absolute Gasteiger partial charge is 0.256 e. The summed E-state index contributed by atoms with van der Waals surface area (Å²) in [7, 11) is 1.81. The van der Waals surface area contributed by atoms with Gasteiger partial charge < -0.3 is 26.4 Å². The summed E-state index contributed by atoms with van der Waals surface area (Å²) in [5.74, 6) is 0.404. The van der Waals surface area contributed by atoms with Crippen molar-refractivity contribution in [3.8, 4) is 0 Å². The number of hydrogen-bond donors (Lipinski definition) is 5. The van der Waals surface area contributed by atoms with E-state index in [2.05, 4.69) is 28.2 Å². The number of aryl methyl sites for hydroxylation is 1. The summed E-state index contributed by atoms with van der Waals surface area (Å²) in [5, 5.41) is 24.3. The van der Waals surface area contributed by atoms with E-state index in [1.807, 2.05) is 45.2 Å². The largest absolute Gasteiger partial charge is 0.396 e. The highest BCUT2D eigenvalue weighted by atomic mass is 16.3. The molecule has 3 rings (SSSR count). The molecular weight excluding hydrogens is 414 g/mol. The molecule has 1 amide bonds. The highest BCUT2D eigenvalue weighted by Crippen LogP contribution is 2.24. The molecule has 1 heterocycles. The molecule has 0 aliphatic heterocycles. The molecule has 1 aliphatic rings. The van der Waals surface area contributed by atoms with Crippen molar-refractivity contribution < 1.29 is 9.90 Å². The number of aliphatic hydroxyl groups is 1. The van der Waals surface area contributed by atoms with Crippen molar-refractivity contribution in [2.45, 2.75) is 77.5 Å². The fourth-order valence-electron chi connectivity index (χ4n) is 4.67. The zero-order valence-electron chi connectivity index (χ0n) is 20.6. The maximum absolute atomic E-state index is 13.0. The zero-order chi connectivity index (χ0) is 23.8. The topological polar surface area (TPSA) is 98.3 Å². The number of aliphatic hydroxyl groups excluding tert-OH is 1. The quantitative estimate of drug-likeness (QED) is 0.332. The Morgan fingerprint density at radius 2 is 1.97 bits per heavy atom. The molecule has 182 valence electrons. The molecule has 7 nitrogen and oxygen atoms in total. The summed E-state index contributed by atoms with van der Waals surface area (Å²) in [5.41, 5.74) is 2.48. The number of benzene rings is 1. The van der Waals surface area contributed by atoms with Gasteiger partial charge in [0.25, 0.3) is 5.91 Å². The Balaban J connectivity index is 1.80. The summed E-state index contributed by atoms with van der Waals surface area (Å²) in [4.78, 5) is 17.8. The Labute approximate surface area is 198 Å². The van der Waals surface area contributed by atoms with Gasteiger partial charge in [-0.25, -0.2) is 4.98 Å². The van der Waals surface area contributed by atoms with Gasteiger partial charge in [-0.3, -0.25) is 4.79 Å². The van der Waals surface area contributed by atoms with E-state index in [0.29, 0.717) is 24.0 Å². The maximum Gasteiger partial charge on any atom is 0.256 e. The second kappa shape index (κ2) is 12.3. The van der Waals surface area contributed by atoms with Crippen LogP contribution in [-0.2, 0) is 0 Å². The van der Waals surface area contributed by atoms with Gasteiger partial charge in [0.1, 0.15) is 5.82 Å². The molecule has 3 unspecified atom stereocenters. The van der Waals surface area contributed by atoms with Gasteiger partial charge in [0.2, 0.25) is 0 Å². The first kappa shape index (κ1) is 25.4. The maximum atomic E-state index is 13.0. The van der Waals surface area contributed by atoms with Gasteiger partial charge in [-0.05, 0) is 58.4 Å². The fourth-order valence-corrected chi connectivity index (χ4v) is 4.67. The Hall–Kier alpha value is -2.22. The Morgan fingerprint density at radius 1 is 1.21 bits per heavy atom. The number of hydrogen-bond acceptors (Lipinski definition) is 6. The highest BCUT2D eigenvalue weighted by molar-refractivity contribution is 6.02. The van der Waals surface area contributed by atoms with Crippen LogP contribution in [0.1, 0.15) is 68.3 Å². The Morgan fingerprint density at radius 3 is 2.64 bits per heavy atom. The predicted octanol–water partition coefficient (Wildman–Crippen LogP) is 3.56. The van der Waals surface area contributed by atoms with Crippen LogP contribution in [0.4, 0.5) is 5.82 Å². The molecule has 1 aromatic carbocycles. The van der Waals surface area contributed by atoms with Gasteiger partial charge >= 0.3 is 0 Å². The van der Waals surface area contributed by atoms with Gasteiger partial charge in [0.15, 0.2) is 0 Å². The highest BCUT2D eigenvalue weighted by Gasteiger charge is 2.24. The van der Waals surface area contributed by atoms with E-state index in [0.717, 1.165) is 22.9 Å². The van der Waals surface area contributed by atoms with E-state index in [1.165, 1.54) is 32.1 Å². The lowest BCUT2D eigenvalue weighted by molar-refractivity contribution is 0.0936. The number of amides is 1. The number of fused-ring (bicyclic) bond motifs is 1. The lowest BCUT2D eigenvalue weighted by Gasteiger charge is -2.32. The summed E-state index contributed by atoms with van der Waals surface area (Å²) >= 11 is 0. The molecule has 7 heteroatoms. The van der Waals surface area contributed by atoms with E-state index in [-0.39, 0.29) is 30.6 Å². The summed E-state index contributed by atoms with van der Waals surface area (Å²) in [6.45, 7) is 6.72. The summed E-state index contributed by atoms with van der Waals surface area (Å²) in [6.07, 6.45) is 7.09. The van der Waals surface area contributed by atoms with Gasteiger partial charge in [-0.15, -0.1) is 0 Å². The molecule has 0 spiro atoms. The number of anilines is 1. The average molecular weight is 456 g/mol. The molecule has 1 aromatic heterocycles. The van der Waals surface area contributed by atoms with Crippen LogP contribution in [0.3, 0.4) is 0 Å². The van der Waals surface area contributed by atoms with Crippen LogP contribution < -0.4 is 21.3 Å². The first-order chi connectivity index (χ1) is 15.9. The van der Waals surface area contributed by atoms with Crippen molar-refractivity contribution in [2.75, 3.05) is 25.5 Å². The normalized spacial score (nSPS) is 17.5. The van der Waals surface area contributed by atoms with Crippen LogP contribution >= 0.6 is 0 Å². The van der Waals surface area contributed by atoms with E-state index < -0.39 is 0 Å². The first-order valence-corrected chi connectivity index (χ1v) is 12.5. The van der Waals surface area contributed by atoms with E-state index in [4.69, 9.17) is 4.98 Å². The number of nitrogens with one attached hydrogen (secondary N) is 4. The van der Waals surface area contributed by atoms with Crippen LogP contribution in [0.25, 0.3) is 10.9 Å². The minimum absolute atomic E-state index is 0.0274. The third-order valence-corrected chi connectivity index (χ3v) is 6.83. The van der Waals surface area contributed by atoms with Crippen molar-refractivity contribution in [3.63, 3.8) is 0 Å². The SMILES string of the molecule is CCC(NC1CCCCC1)C(CO)CNc1nc2ccc(C)cc2cc1C(=O)NC(C)NC. The minimum Gasteiger partial charge on any atom is -0.396 e. The van der Waals surface area contributed by atoms with Crippen molar-refractivity contribution in [1.29, 1.82) is 0 Å². The second-order valence-corrected chi connectivity index (χ2v) is 9.40. The number of rotatable bonds is 11. The Bertz CT molecular complexity index is 913. The number of aromatic nitrogens is 1. The van der Waals surface area contributed by atoms with Crippen LogP contribution in [0.5, 0.6) is 0 Å². The molecule has 33 heavy (non-hydrogen) atoms. The van der Waals surface area contributed by atoms with Gasteiger partial charge in [0, 0.05) is 36.5 Å². The summed E-state index contributed by atoms with van der Waals surface area (Å²) in [6, 6.07) is 8.71. The van der Waals surface area contributed by atoms with Crippen LogP contribution in [0, 0.1) is 12.8 Å². The molecule has 5 N–H and O–H groups in total.